The largest absolute Gasteiger partial charge is 0.274 e. The number of fused-ring (bicyclic) bond motifs is 2. The standard InChI is InChI=1S/C25H20N4O3S/c1-16-11-12-21(26-15-16)29-24(32)19-9-4-5-10-20(19)27-25(29)33-14-6-13-28-22(30)17-7-2-3-8-18(17)23(28)31/h2-5,7-12,15H,6,13-14H2,1H3. The van der Waals surface area contributed by atoms with Gasteiger partial charge in [-0.2, -0.15) is 0 Å². The van der Waals surface area contributed by atoms with Crippen molar-refractivity contribution < 1.29 is 9.59 Å². The van der Waals surface area contributed by atoms with E-state index in [1.807, 2.05) is 31.2 Å². The van der Waals surface area contributed by atoms with Crippen molar-refractivity contribution in [2.24, 2.45) is 0 Å². The number of aryl methyl sites for hydroxylation is 1. The summed E-state index contributed by atoms with van der Waals surface area (Å²) in [6.07, 6.45) is 2.29. The third-order valence-corrected chi connectivity index (χ3v) is 6.53. The molecule has 0 fully saturated rings. The van der Waals surface area contributed by atoms with Crippen LogP contribution in [0.25, 0.3) is 16.7 Å². The van der Waals surface area contributed by atoms with E-state index in [4.69, 9.17) is 4.98 Å². The van der Waals surface area contributed by atoms with Crippen LogP contribution >= 0.6 is 11.8 Å². The second kappa shape index (κ2) is 8.63. The molecule has 0 saturated heterocycles. The Kier molecular flexibility index (Phi) is 5.51. The van der Waals surface area contributed by atoms with Crippen molar-refractivity contribution in [1.29, 1.82) is 0 Å². The van der Waals surface area contributed by atoms with Gasteiger partial charge in [0.2, 0.25) is 0 Å². The first-order chi connectivity index (χ1) is 16.0. The summed E-state index contributed by atoms with van der Waals surface area (Å²) in [6.45, 7) is 2.24. The molecule has 33 heavy (non-hydrogen) atoms. The van der Waals surface area contributed by atoms with E-state index in [0.717, 1.165) is 5.56 Å². The van der Waals surface area contributed by atoms with Crippen molar-refractivity contribution in [3.8, 4) is 5.82 Å². The molecule has 2 aromatic heterocycles. The highest BCUT2D eigenvalue weighted by atomic mass is 32.2. The number of thioether (sulfide) groups is 1. The van der Waals surface area contributed by atoms with Crippen LogP contribution in [0, 0.1) is 6.92 Å². The molecule has 5 rings (SSSR count). The van der Waals surface area contributed by atoms with E-state index in [-0.39, 0.29) is 17.4 Å². The van der Waals surface area contributed by atoms with Gasteiger partial charge >= 0.3 is 0 Å². The zero-order chi connectivity index (χ0) is 22.9. The summed E-state index contributed by atoms with van der Waals surface area (Å²) >= 11 is 1.41. The number of aromatic nitrogens is 3. The van der Waals surface area contributed by atoms with Gasteiger partial charge in [0.1, 0.15) is 5.82 Å². The molecule has 1 aliphatic rings. The molecule has 7 nitrogen and oxygen atoms in total. The van der Waals surface area contributed by atoms with Crippen LogP contribution in [0.15, 0.2) is 76.8 Å². The lowest BCUT2D eigenvalue weighted by Gasteiger charge is -2.15. The smallest absolute Gasteiger partial charge is 0.267 e. The van der Waals surface area contributed by atoms with Crippen molar-refractivity contribution >= 4 is 34.5 Å². The highest BCUT2D eigenvalue weighted by Gasteiger charge is 2.34. The van der Waals surface area contributed by atoms with E-state index in [1.165, 1.54) is 21.2 Å². The number of carbonyl (C=O) groups excluding carboxylic acids is 2. The topological polar surface area (TPSA) is 85.2 Å². The monoisotopic (exact) mass is 456 g/mol. The maximum atomic E-state index is 13.3. The average molecular weight is 457 g/mol. The average Bonchev–Trinajstić information content (AvgIpc) is 3.08. The summed E-state index contributed by atoms with van der Waals surface area (Å²) in [7, 11) is 0. The quantitative estimate of drug-likeness (QED) is 0.190. The molecule has 0 unspecified atom stereocenters. The van der Waals surface area contributed by atoms with Gasteiger partial charge in [0.25, 0.3) is 17.4 Å². The molecular weight excluding hydrogens is 436 g/mol. The Morgan fingerprint density at radius 3 is 2.27 bits per heavy atom. The highest BCUT2D eigenvalue weighted by molar-refractivity contribution is 7.99. The Morgan fingerprint density at radius 2 is 1.58 bits per heavy atom. The molecule has 0 N–H and O–H groups in total. The lowest BCUT2D eigenvalue weighted by molar-refractivity contribution is 0.0655. The summed E-state index contributed by atoms with van der Waals surface area (Å²) in [5.74, 6) is 0.562. The molecule has 0 spiro atoms. The fraction of sp³-hybridized carbons (Fsp3) is 0.160. The van der Waals surface area contributed by atoms with E-state index < -0.39 is 0 Å². The molecule has 0 radical (unpaired) electrons. The number of benzene rings is 2. The molecule has 0 bridgehead atoms. The Bertz CT molecular complexity index is 1410. The Labute approximate surface area is 194 Å². The molecule has 8 heteroatoms. The lowest BCUT2D eigenvalue weighted by atomic mass is 10.1. The number of amides is 2. The molecule has 164 valence electrons. The highest BCUT2D eigenvalue weighted by Crippen LogP contribution is 2.24. The minimum absolute atomic E-state index is 0.181. The number of imide groups is 1. The van der Waals surface area contributed by atoms with Gasteiger partial charge in [-0.25, -0.2) is 14.5 Å². The van der Waals surface area contributed by atoms with Gasteiger partial charge in [-0.3, -0.25) is 19.3 Å². The van der Waals surface area contributed by atoms with E-state index in [1.54, 1.807) is 42.6 Å². The van der Waals surface area contributed by atoms with Crippen LogP contribution in [0.2, 0.25) is 0 Å². The van der Waals surface area contributed by atoms with Crippen LogP contribution < -0.4 is 5.56 Å². The molecule has 0 saturated carbocycles. The molecule has 0 atom stereocenters. The molecule has 2 amide bonds. The minimum atomic E-state index is -0.259. The first-order valence-corrected chi connectivity index (χ1v) is 11.6. The van der Waals surface area contributed by atoms with E-state index in [0.29, 0.717) is 51.7 Å². The number of pyridine rings is 1. The third kappa shape index (κ3) is 3.82. The minimum Gasteiger partial charge on any atom is -0.274 e. The SMILES string of the molecule is Cc1ccc(-n2c(SCCCN3C(=O)c4ccccc4C3=O)nc3ccccc3c2=O)nc1. The van der Waals surface area contributed by atoms with Crippen LogP contribution in [0.1, 0.15) is 32.7 Å². The summed E-state index contributed by atoms with van der Waals surface area (Å²) in [4.78, 5) is 48.8. The van der Waals surface area contributed by atoms with Gasteiger partial charge in [-0.15, -0.1) is 0 Å². The molecule has 0 aliphatic carbocycles. The zero-order valence-corrected chi connectivity index (χ0v) is 18.7. The van der Waals surface area contributed by atoms with Gasteiger partial charge in [-0.05, 0) is 49.2 Å². The summed E-state index contributed by atoms with van der Waals surface area (Å²) in [6, 6.07) is 17.8. The molecular formula is C25H20N4O3S. The summed E-state index contributed by atoms with van der Waals surface area (Å²) < 4.78 is 1.52. The third-order valence-electron chi connectivity index (χ3n) is 5.51. The molecule has 2 aromatic carbocycles. The summed E-state index contributed by atoms with van der Waals surface area (Å²) in [5.41, 5.74) is 2.33. The summed E-state index contributed by atoms with van der Waals surface area (Å²) in [5, 5.41) is 1.05. The Hall–Kier alpha value is -3.78. The molecule has 4 aromatic rings. The van der Waals surface area contributed by atoms with Gasteiger partial charge in [0.05, 0.1) is 22.0 Å². The number of hydrogen-bond acceptors (Lipinski definition) is 6. The maximum absolute atomic E-state index is 13.3. The Balaban J connectivity index is 1.37. The van der Waals surface area contributed by atoms with Gasteiger partial charge in [0.15, 0.2) is 5.16 Å². The van der Waals surface area contributed by atoms with Crippen LogP contribution in [0.3, 0.4) is 0 Å². The van der Waals surface area contributed by atoms with Crippen molar-refractivity contribution in [3.05, 3.63) is 93.9 Å². The normalized spacial score (nSPS) is 13.1. The number of rotatable bonds is 6. The van der Waals surface area contributed by atoms with Gasteiger partial charge in [-0.1, -0.05) is 42.1 Å². The van der Waals surface area contributed by atoms with Crippen LogP contribution in [-0.2, 0) is 0 Å². The van der Waals surface area contributed by atoms with E-state index >= 15 is 0 Å². The second-order valence-corrected chi connectivity index (χ2v) is 8.82. The van der Waals surface area contributed by atoms with Crippen molar-refractivity contribution in [1.82, 2.24) is 19.4 Å². The predicted molar refractivity (Wildman–Crippen MR) is 127 cm³/mol. The fourth-order valence-corrected chi connectivity index (χ4v) is 4.76. The van der Waals surface area contributed by atoms with Crippen molar-refractivity contribution in [3.63, 3.8) is 0 Å². The van der Waals surface area contributed by atoms with Crippen molar-refractivity contribution in [2.75, 3.05) is 12.3 Å². The first kappa shape index (κ1) is 21.1. The predicted octanol–water partition coefficient (Wildman–Crippen LogP) is 3.87. The van der Waals surface area contributed by atoms with Crippen LogP contribution in [0.5, 0.6) is 0 Å². The number of hydrogen-bond donors (Lipinski definition) is 0. The van der Waals surface area contributed by atoms with Crippen molar-refractivity contribution in [2.45, 2.75) is 18.5 Å². The van der Waals surface area contributed by atoms with Crippen LogP contribution in [-0.4, -0.2) is 43.5 Å². The number of carbonyl (C=O) groups is 2. The lowest BCUT2D eigenvalue weighted by Crippen LogP contribution is -2.31. The van der Waals surface area contributed by atoms with Gasteiger partial charge < -0.3 is 0 Å². The zero-order valence-electron chi connectivity index (χ0n) is 17.9. The molecule has 3 heterocycles. The number of nitrogens with zero attached hydrogens (tertiary/aromatic N) is 4. The second-order valence-electron chi connectivity index (χ2n) is 7.76. The maximum Gasteiger partial charge on any atom is 0.267 e. The first-order valence-electron chi connectivity index (χ1n) is 10.6. The Morgan fingerprint density at radius 1 is 0.879 bits per heavy atom. The fourth-order valence-electron chi connectivity index (χ4n) is 3.83. The van der Waals surface area contributed by atoms with E-state index in [2.05, 4.69) is 4.98 Å². The van der Waals surface area contributed by atoms with Crippen LogP contribution in [0.4, 0.5) is 0 Å². The number of para-hydroxylation sites is 1. The molecule has 1 aliphatic heterocycles. The van der Waals surface area contributed by atoms with Gasteiger partial charge in [0, 0.05) is 18.5 Å². The van der Waals surface area contributed by atoms with E-state index in [9.17, 15) is 14.4 Å².